The van der Waals surface area contributed by atoms with Gasteiger partial charge in [0, 0.05) is 25.1 Å². The molecular formula is C11H9Cl2N5. The van der Waals surface area contributed by atoms with Crippen LogP contribution in [0.1, 0.15) is 11.4 Å². The molecule has 18 heavy (non-hydrogen) atoms. The molecule has 0 aromatic carbocycles. The monoisotopic (exact) mass is 281 g/mol. The van der Waals surface area contributed by atoms with Gasteiger partial charge >= 0.3 is 0 Å². The zero-order valence-corrected chi connectivity index (χ0v) is 11.0. The summed E-state index contributed by atoms with van der Waals surface area (Å²) >= 11 is 11.9. The fourth-order valence-electron chi connectivity index (χ4n) is 1.48. The van der Waals surface area contributed by atoms with Gasteiger partial charge in [0.25, 0.3) is 0 Å². The van der Waals surface area contributed by atoms with Crippen molar-refractivity contribution in [1.29, 1.82) is 5.26 Å². The molecule has 0 bridgehead atoms. The fraction of sp³-hybridized carbons (Fsp3) is 0.182. The first-order valence-corrected chi connectivity index (χ1v) is 5.83. The standard InChI is InChI=1S/C11H9Cl2N5/c1-18-7(4-8(12)10(18)13)6-17-11-9(5-14)15-2-3-16-11/h2-4H,6H2,1H3,(H,16,17). The van der Waals surface area contributed by atoms with Crippen LogP contribution in [0.5, 0.6) is 0 Å². The first-order chi connectivity index (χ1) is 8.63. The molecule has 0 saturated heterocycles. The van der Waals surface area contributed by atoms with E-state index >= 15 is 0 Å². The van der Waals surface area contributed by atoms with Gasteiger partial charge in [-0.25, -0.2) is 9.97 Å². The molecule has 0 aliphatic heterocycles. The normalized spacial score (nSPS) is 10.1. The Morgan fingerprint density at radius 1 is 1.39 bits per heavy atom. The molecule has 7 heteroatoms. The number of aromatic nitrogens is 3. The topological polar surface area (TPSA) is 66.5 Å². The highest BCUT2D eigenvalue weighted by Crippen LogP contribution is 2.25. The number of anilines is 1. The average molecular weight is 282 g/mol. The van der Waals surface area contributed by atoms with Crippen LogP contribution in [0.2, 0.25) is 10.2 Å². The summed E-state index contributed by atoms with van der Waals surface area (Å²) in [4.78, 5) is 7.96. The van der Waals surface area contributed by atoms with Crippen LogP contribution in [0.4, 0.5) is 5.82 Å². The number of nitrogens with one attached hydrogen (secondary N) is 1. The summed E-state index contributed by atoms with van der Waals surface area (Å²) in [5.74, 6) is 0.438. The van der Waals surface area contributed by atoms with Gasteiger partial charge in [-0.2, -0.15) is 5.26 Å². The highest BCUT2D eigenvalue weighted by Gasteiger charge is 2.10. The molecule has 1 N–H and O–H groups in total. The molecule has 5 nitrogen and oxygen atoms in total. The maximum Gasteiger partial charge on any atom is 0.182 e. The van der Waals surface area contributed by atoms with Crippen molar-refractivity contribution < 1.29 is 0 Å². The van der Waals surface area contributed by atoms with E-state index in [0.29, 0.717) is 22.5 Å². The van der Waals surface area contributed by atoms with Crippen LogP contribution in [0.25, 0.3) is 0 Å². The van der Waals surface area contributed by atoms with Crippen LogP contribution in [0.15, 0.2) is 18.5 Å². The van der Waals surface area contributed by atoms with Gasteiger partial charge < -0.3 is 9.88 Å². The van der Waals surface area contributed by atoms with E-state index < -0.39 is 0 Å². The Labute approximate surface area is 114 Å². The smallest absolute Gasteiger partial charge is 0.182 e. The maximum atomic E-state index is 8.88. The molecule has 0 amide bonds. The molecule has 2 rings (SSSR count). The Kier molecular flexibility index (Phi) is 3.70. The second kappa shape index (κ2) is 5.25. The van der Waals surface area contributed by atoms with Gasteiger partial charge in [-0.3, -0.25) is 0 Å². The van der Waals surface area contributed by atoms with E-state index in [0.717, 1.165) is 5.69 Å². The molecule has 0 spiro atoms. The van der Waals surface area contributed by atoms with Crippen molar-refractivity contribution in [3.05, 3.63) is 40.0 Å². The Hall–Kier alpha value is -1.77. The minimum Gasteiger partial charge on any atom is -0.362 e. The van der Waals surface area contributed by atoms with E-state index in [1.54, 1.807) is 10.6 Å². The molecule has 2 aromatic rings. The summed E-state index contributed by atoms with van der Waals surface area (Å²) in [5, 5.41) is 12.9. The first kappa shape index (κ1) is 12.7. The number of hydrogen-bond donors (Lipinski definition) is 1. The fourth-order valence-corrected chi connectivity index (χ4v) is 1.90. The minimum absolute atomic E-state index is 0.254. The van der Waals surface area contributed by atoms with Gasteiger partial charge in [-0.1, -0.05) is 23.2 Å². The van der Waals surface area contributed by atoms with Gasteiger partial charge in [-0.15, -0.1) is 0 Å². The maximum absolute atomic E-state index is 8.88. The van der Waals surface area contributed by atoms with E-state index in [1.165, 1.54) is 12.4 Å². The van der Waals surface area contributed by atoms with E-state index in [1.807, 2.05) is 13.1 Å². The largest absolute Gasteiger partial charge is 0.362 e. The van der Waals surface area contributed by atoms with Crippen molar-refractivity contribution in [3.63, 3.8) is 0 Å². The van der Waals surface area contributed by atoms with E-state index in [-0.39, 0.29) is 5.69 Å². The van der Waals surface area contributed by atoms with Crippen molar-refractivity contribution in [2.75, 3.05) is 5.32 Å². The molecule has 0 aliphatic rings. The summed E-state index contributed by atoms with van der Waals surface area (Å²) in [7, 11) is 1.81. The van der Waals surface area contributed by atoms with Crippen LogP contribution in [-0.2, 0) is 13.6 Å². The van der Waals surface area contributed by atoms with Gasteiger partial charge in [0.15, 0.2) is 11.5 Å². The van der Waals surface area contributed by atoms with Crippen molar-refractivity contribution in [2.45, 2.75) is 6.54 Å². The van der Waals surface area contributed by atoms with E-state index in [4.69, 9.17) is 28.5 Å². The highest BCUT2D eigenvalue weighted by atomic mass is 35.5. The highest BCUT2D eigenvalue weighted by molar-refractivity contribution is 6.41. The Morgan fingerprint density at radius 2 is 2.11 bits per heavy atom. The van der Waals surface area contributed by atoms with Crippen molar-refractivity contribution in [2.24, 2.45) is 7.05 Å². The summed E-state index contributed by atoms with van der Waals surface area (Å²) in [6.45, 7) is 0.455. The second-order valence-electron chi connectivity index (χ2n) is 3.55. The summed E-state index contributed by atoms with van der Waals surface area (Å²) in [6.07, 6.45) is 2.99. The molecule has 0 unspecified atom stereocenters. The molecular weight excluding hydrogens is 273 g/mol. The van der Waals surface area contributed by atoms with Crippen LogP contribution >= 0.6 is 23.2 Å². The summed E-state index contributed by atoms with van der Waals surface area (Å²) < 4.78 is 1.76. The van der Waals surface area contributed by atoms with Gasteiger partial charge in [-0.05, 0) is 6.07 Å². The third-order valence-corrected chi connectivity index (χ3v) is 3.30. The molecule has 0 saturated carbocycles. The van der Waals surface area contributed by atoms with Crippen LogP contribution < -0.4 is 5.32 Å². The Balaban J connectivity index is 2.17. The van der Waals surface area contributed by atoms with Crippen molar-refractivity contribution in [3.8, 4) is 6.07 Å². The number of nitriles is 1. The SMILES string of the molecule is Cn1c(CNc2nccnc2C#N)cc(Cl)c1Cl. The lowest BCUT2D eigenvalue weighted by molar-refractivity contribution is 0.840. The van der Waals surface area contributed by atoms with Crippen LogP contribution in [-0.4, -0.2) is 14.5 Å². The minimum atomic E-state index is 0.254. The molecule has 2 heterocycles. The lowest BCUT2D eigenvalue weighted by Gasteiger charge is -2.07. The summed E-state index contributed by atoms with van der Waals surface area (Å²) in [5.41, 5.74) is 1.14. The zero-order chi connectivity index (χ0) is 13.1. The molecule has 0 fully saturated rings. The number of hydrogen-bond acceptors (Lipinski definition) is 4. The third kappa shape index (κ3) is 2.40. The lowest BCUT2D eigenvalue weighted by atomic mass is 10.4. The molecule has 0 atom stereocenters. The van der Waals surface area contributed by atoms with Crippen LogP contribution in [0, 0.1) is 11.3 Å². The quantitative estimate of drug-likeness (QED) is 0.939. The first-order valence-electron chi connectivity index (χ1n) is 5.08. The zero-order valence-electron chi connectivity index (χ0n) is 9.48. The van der Waals surface area contributed by atoms with E-state index in [2.05, 4.69) is 15.3 Å². The van der Waals surface area contributed by atoms with Gasteiger partial charge in [0.05, 0.1) is 11.6 Å². The molecule has 0 aliphatic carbocycles. The predicted octanol–water partition coefficient (Wildman–Crippen LogP) is 2.61. The van der Waals surface area contributed by atoms with Crippen LogP contribution in [0.3, 0.4) is 0 Å². The predicted molar refractivity (Wildman–Crippen MR) is 69.5 cm³/mol. The van der Waals surface area contributed by atoms with Gasteiger partial charge in [0.1, 0.15) is 11.2 Å². The Morgan fingerprint density at radius 3 is 2.72 bits per heavy atom. The second-order valence-corrected chi connectivity index (χ2v) is 4.32. The average Bonchev–Trinajstić information content (AvgIpc) is 2.64. The van der Waals surface area contributed by atoms with Crippen molar-refractivity contribution >= 4 is 29.0 Å². The number of nitrogens with zero attached hydrogens (tertiary/aromatic N) is 4. The lowest BCUT2D eigenvalue weighted by Crippen LogP contribution is -2.07. The molecule has 0 radical (unpaired) electrons. The molecule has 2 aromatic heterocycles. The Bertz CT molecular complexity index is 614. The number of rotatable bonds is 3. The summed E-state index contributed by atoms with van der Waals surface area (Å²) in [6, 6.07) is 3.73. The van der Waals surface area contributed by atoms with Gasteiger partial charge in [0.2, 0.25) is 0 Å². The number of halogens is 2. The van der Waals surface area contributed by atoms with Crippen molar-refractivity contribution in [1.82, 2.24) is 14.5 Å². The molecule has 92 valence electrons. The van der Waals surface area contributed by atoms with E-state index in [9.17, 15) is 0 Å². The third-order valence-electron chi connectivity index (χ3n) is 2.46.